The van der Waals surface area contributed by atoms with Gasteiger partial charge in [-0.05, 0) is 42.5 Å². The van der Waals surface area contributed by atoms with E-state index in [1.165, 1.54) is 24.4 Å². The van der Waals surface area contributed by atoms with Crippen LogP contribution in [0.5, 0.6) is 0 Å². The summed E-state index contributed by atoms with van der Waals surface area (Å²) in [6.07, 6.45) is 1.51. The van der Waals surface area contributed by atoms with Crippen LogP contribution in [-0.4, -0.2) is 10.9 Å². The molecule has 3 rings (SSSR count). The number of benzene rings is 2. The van der Waals surface area contributed by atoms with E-state index in [-0.39, 0.29) is 5.56 Å². The van der Waals surface area contributed by atoms with Crippen LogP contribution in [0.3, 0.4) is 0 Å². The fourth-order valence-corrected chi connectivity index (χ4v) is 2.26. The topological polar surface area (TPSA) is 54.0 Å². The number of para-hydroxylation sites is 1. The molecule has 0 aliphatic heterocycles. The fourth-order valence-electron chi connectivity index (χ4n) is 2.08. The molecule has 0 fully saturated rings. The highest BCUT2D eigenvalue weighted by Gasteiger charge is 2.07. The SMILES string of the molecule is O=C(Nc1ccc(Nc2ccccc2Cl)nc1)c1cccc(F)c1. The summed E-state index contributed by atoms with van der Waals surface area (Å²) in [4.78, 5) is 16.3. The zero-order chi connectivity index (χ0) is 16.9. The van der Waals surface area contributed by atoms with Crippen molar-refractivity contribution in [3.8, 4) is 0 Å². The number of nitrogens with one attached hydrogen (secondary N) is 2. The first-order chi connectivity index (χ1) is 11.6. The van der Waals surface area contributed by atoms with Gasteiger partial charge in [0.05, 0.1) is 22.6 Å². The smallest absolute Gasteiger partial charge is 0.255 e. The first-order valence-corrected chi connectivity index (χ1v) is 7.54. The summed E-state index contributed by atoms with van der Waals surface area (Å²) in [5.74, 6) is -0.268. The van der Waals surface area contributed by atoms with Crippen LogP contribution in [-0.2, 0) is 0 Å². The fraction of sp³-hybridized carbons (Fsp3) is 0. The van der Waals surface area contributed by atoms with E-state index in [1.807, 2.05) is 18.2 Å². The van der Waals surface area contributed by atoms with Crippen molar-refractivity contribution in [1.82, 2.24) is 4.98 Å². The van der Waals surface area contributed by atoms with E-state index >= 15 is 0 Å². The van der Waals surface area contributed by atoms with Crippen LogP contribution in [0.25, 0.3) is 0 Å². The molecular weight excluding hydrogens is 329 g/mol. The maximum Gasteiger partial charge on any atom is 0.255 e. The number of hydrogen-bond donors (Lipinski definition) is 2. The lowest BCUT2D eigenvalue weighted by molar-refractivity contribution is 0.102. The lowest BCUT2D eigenvalue weighted by Crippen LogP contribution is -2.12. The molecule has 0 bridgehead atoms. The molecule has 2 aromatic carbocycles. The molecule has 120 valence electrons. The Morgan fingerprint density at radius 2 is 1.88 bits per heavy atom. The summed E-state index contributed by atoms with van der Waals surface area (Å²) >= 11 is 6.08. The molecule has 6 heteroatoms. The average molecular weight is 342 g/mol. The highest BCUT2D eigenvalue weighted by molar-refractivity contribution is 6.33. The average Bonchev–Trinajstić information content (AvgIpc) is 2.58. The van der Waals surface area contributed by atoms with Crippen LogP contribution < -0.4 is 10.6 Å². The van der Waals surface area contributed by atoms with Gasteiger partial charge in [0.25, 0.3) is 5.91 Å². The van der Waals surface area contributed by atoms with Crippen molar-refractivity contribution in [3.05, 3.63) is 83.3 Å². The molecule has 1 heterocycles. The summed E-state index contributed by atoms with van der Waals surface area (Å²) in [6, 6.07) is 16.2. The second-order valence-electron chi connectivity index (χ2n) is 5.00. The number of carbonyl (C=O) groups excluding carboxylic acids is 1. The van der Waals surface area contributed by atoms with Gasteiger partial charge in [-0.25, -0.2) is 9.37 Å². The third kappa shape index (κ3) is 3.88. The van der Waals surface area contributed by atoms with E-state index in [1.54, 1.807) is 24.3 Å². The van der Waals surface area contributed by atoms with Crippen molar-refractivity contribution in [2.45, 2.75) is 0 Å². The number of halogens is 2. The van der Waals surface area contributed by atoms with Crippen LogP contribution >= 0.6 is 11.6 Å². The normalized spacial score (nSPS) is 10.2. The summed E-state index contributed by atoms with van der Waals surface area (Å²) in [6.45, 7) is 0. The lowest BCUT2D eigenvalue weighted by Gasteiger charge is -2.09. The second-order valence-corrected chi connectivity index (χ2v) is 5.41. The summed E-state index contributed by atoms with van der Waals surface area (Å²) in [5, 5.41) is 6.34. The Kier molecular flexibility index (Phi) is 4.72. The lowest BCUT2D eigenvalue weighted by atomic mass is 10.2. The molecule has 1 aromatic heterocycles. The molecule has 3 aromatic rings. The van der Waals surface area contributed by atoms with Gasteiger partial charge in [0, 0.05) is 5.56 Å². The number of carbonyl (C=O) groups is 1. The molecule has 1 amide bonds. The monoisotopic (exact) mass is 341 g/mol. The molecule has 0 aliphatic carbocycles. The number of hydrogen-bond acceptors (Lipinski definition) is 3. The van der Waals surface area contributed by atoms with E-state index in [0.29, 0.717) is 16.5 Å². The molecule has 0 radical (unpaired) electrons. The number of pyridine rings is 1. The molecule has 2 N–H and O–H groups in total. The van der Waals surface area contributed by atoms with Crippen LogP contribution in [0, 0.1) is 5.82 Å². The largest absolute Gasteiger partial charge is 0.339 e. The quantitative estimate of drug-likeness (QED) is 0.711. The third-order valence-electron chi connectivity index (χ3n) is 3.24. The molecule has 0 saturated carbocycles. The van der Waals surface area contributed by atoms with Gasteiger partial charge in [0.1, 0.15) is 11.6 Å². The number of anilines is 3. The van der Waals surface area contributed by atoms with E-state index in [0.717, 1.165) is 5.69 Å². The van der Waals surface area contributed by atoms with Crippen molar-refractivity contribution < 1.29 is 9.18 Å². The first kappa shape index (κ1) is 16.0. The summed E-state index contributed by atoms with van der Waals surface area (Å²) in [7, 11) is 0. The standard InChI is InChI=1S/C18H13ClFN3O/c19-15-6-1-2-7-16(15)23-17-9-8-14(11-21-17)22-18(24)12-4-3-5-13(20)10-12/h1-11H,(H,21,23)(H,22,24). The Morgan fingerprint density at radius 1 is 1.04 bits per heavy atom. The van der Waals surface area contributed by atoms with Crippen molar-refractivity contribution in [1.29, 1.82) is 0 Å². The number of aromatic nitrogens is 1. The second kappa shape index (κ2) is 7.10. The van der Waals surface area contributed by atoms with Crippen molar-refractivity contribution in [3.63, 3.8) is 0 Å². The minimum absolute atomic E-state index is 0.244. The van der Waals surface area contributed by atoms with Crippen LogP contribution in [0.15, 0.2) is 66.9 Å². The molecule has 0 unspecified atom stereocenters. The van der Waals surface area contributed by atoms with Gasteiger partial charge in [0.15, 0.2) is 0 Å². The van der Waals surface area contributed by atoms with Gasteiger partial charge in [0.2, 0.25) is 0 Å². The zero-order valence-electron chi connectivity index (χ0n) is 12.5. The van der Waals surface area contributed by atoms with Crippen LogP contribution in [0.1, 0.15) is 10.4 Å². The maximum absolute atomic E-state index is 13.1. The van der Waals surface area contributed by atoms with Gasteiger partial charge in [-0.1, -0.05) is 29.8 Å². The van der Waals surface area contributed by atoms with Crippen molar-refractivity contribution >= 4 is 34.7 Å². The van der Waals surface area contributed by atoms with Crippen molar-refractivity contribution in [2.75, 3.05) is 10.6 Å². The van der Waals surface area contributed by atoms with E-state index in [4.69, 9.17) is 11.6 Å². The molecule has 0 saturated heterocycles. The first-order valence-electron chi connectivity index (χ1n) is 7.16. The summed E-state index contributed by atoms with van der Waals surface area (Å²) < 4.78 is 13.1. The van der Waals surface area contributed by atoms with E-state index in [2.05, 4.69) is 15.6 Å². The van der Waals surface area contributed by atoms with Gasteiger partial charge in [-0.15, -0.1) is 0 Å². The van der Waals surface area contributed by atoms with E-state index in [9.17, 15) is 9.18 Å². The Bertz CT molecular complexity index is 868. The highest BCUT2D eigenvalue weighted by Crippen LogP contribution is 2.24. The highest BCUT2D eigenvalue weighted by atomic mass is 35.5. The van der Waals surface area contributed by atoms with E-state index < -0.39 is 11.7 Å². The molecule has 0 aliphatic rings. The van der Waals surface area contributed by atoms with Gasteiger partial charge < -0.3 is 10.6 Å². The Labute approximate surface area is 143 Å². The molecule has 0 atom stereocenters. The third-order valence-corrected chi connectivity index (χ3v) is 3.57. The van der Waals surface area contributed by atoms with Gasteiger partial charge >= 0.3 is 0 Å². The Morgan fingerprint density at radius 3 is 2.58 bits per heavy atom. The molecule has 0 spiro atoms. The van der Waals surface area contributed by atoms with Gasteiger partial charge in [-0.3, -0.25) is 4.79 Å². The summed E-state index contributed by atoms with van der Waals surface area (Å²) in [5.41, 5.74) is 1.49. The minimum atomic E-state index is -0.458. The predicted molar refractivity (Wildman–Crippen MR) is 93.3 cm³/mol. The van der Waals surface area contributed by atoms with Gasteiger partial charge in [-0.2, -0.15) is 0 Å². The van der Waals surface area contributed by atoms with Crippen LogP contribution in [0.4, 0.5) is 21.6 Å². The number of rotatable bonds is 4. The predicted octanol–water partition coefficient (Wildman–Crippen LogP) is 4.87. The van der Waals surface area contributed by atoms with Crippen molar-refractivity contribution in [2.24, 2.45) is 0 Å². The maximum atomic E-state index is 13.1. The van der Waals surface area contributed by atoms with Crippen LogP contribution in [0.2, 0.25) is 5.02 Å². The molecular formula is C18H13ClFN3O. The minimum Gasteiger partial charge on any atom is -0.339 e. The zero-order valence-corrected chi connectivity index (χ0v) is 13.2. The Balaban J connectivity index is 1.68. The number of nitrogens with zero attached hydrogens (tertiary/aromatic N) is 1. The Hall–Kier alpha value is -2.92. The number of amides is 1. The molecule has 24 heavy (non-hydrogen) atoms. The molecule has 4 nitrogen and oxygen atoms in total.